The van der Waals surface area contributed by atoms with Gasteiger partial charge in [-0.15, -0.1) is 0 Å². The van der Waals surface area contributed by atoms with Crippen LogP contribution >= 0.6 is 0 Å². The molecule has 0 unspecified atom stereocenters. The highest BCUT2D eigenvalue weighted by Gasteiger charge is 2.19. The topological polar surface area (TPSA) is 81.1 Å². The maximum absolute atomic E-state index is 14.0. The van der Waals surface area contributed by atoms with Gasteiger partial charge < -0.3 is 15.5 Å². The number of primary amides is 1. The summed E-state index contributed by atoms with van der Waals surface area (Å²) in [7, 11) is 0. The molecule has 1 amide bonds. The van der Waals surface area contributed by atoms with Crippen LogP contribution in [0, 0.1) is 12.7 Å². The van der Waals surface area contributed by atoms with Crippen LogP contribution in [0.15, 0.2) is 41.1 Å². The van der Waals surface area contributed by atoms with Gasteiger partial charge in [0.15, 0.2) is 0 Å². The molecule has 0 atom stereocenters. The molecule has 0 saturated carbocycles. The molecular formula is C18H22FN3O2. The van der Waals surface area contributed by atoms with Gasteiger partial charge in [-0.3, -0.25) is 9.78 Å². The standard InChI is InChI=1S/C15H12FN3O2.C2H6.CH4/c1-8-2-3-11(10(16)6-8)19-13-9-7-18-5-4-12(9)21-14(13)15(17)20;1-2;/h2-7,19H,1H3,(H2,17,20);1-2H3;1H4. The van der Waals surface area contributed by atoms with Crippen molar-refractivity contribution in [2.75, 3.05) is 5.32 Å². The molecule has 0 aliphatic carbocycles. The summed E-state index contributed by atoms with van der Waals surface area (Å²) in [5, 5.41) is 3.42. The first-order valence-electron chi connectivity index (χ1n) is 7.26. The number of aromatic nitrogens is 1. The van der Waals surface area contributed by atoms with Crippen LogP contribution in [0.2, 0.25) is 0 Å². The summed E-state index contributed by atoms with van der Waals surface area (Å²) in [6, 6.07) is 6.35. The van der Waals surface area contributed by atoms with Crippen LogP contribution in [0.5, 0.6) is 0 Å². The molecule has 0 bridgehead atoms. The Kier molecular flexibility index (Phi) is 6.47. The zero-order valence-electron chi connectivity index (χ0n) is 13.2. The average molecular weight is 331 g/mol. The second kappa shape index (κ2) is 8.10. The third-order valence-corrected chi connectivity index (χ3v) is 3.10. The number of aryl methyl sites for hydroxylation is 1. The number of fused-ring (bicyclic) bond motifs is 1. The van der Waals surface area contributed by atoms with Crippen molar-refractivity contribution in [2.45, 2.75) is 28.2 Å². The Hall–Kier alpha value is -2.89. The van der Waals surface area contributed by atoms with E-state index in [4.69, 9.17) is 10.2 Å². The van der Waals surface area contributed by atoms with E-state index in [1.54, 1.807) is 25.1 Å². The maximum Gasteiger partial charge on any atom is 0.286 e. The summed E-state index contributed by atoms with van der Waals surface area (Å²) < 4.78 is 19.3. The fourth-order valence-corrected chi connectivity index (χ4v) is 2.10. The molecule has 2 aromatic heterocycles. The first-order valence-corrected chi connectivity index (χ1v) is 7.26. The molecule has 3 N–H and O–H groups in total. The van der Waals surface area contributed by atoms with Crippen LogP contribution in [0.3, 0.4) is 0 Å². The van der Waals surface area contributed by atoms with Gasteiger partial charge in [-0.05, 0) is 30.7 Å². The van der Waals surface area contributed by atoms with Gasteiger partial charge in [0.2, 0.25) is 5.76 Å². The number of halogens is 1. The normalized spacial score (nSPS) is 9.67. The minimum absolute atomic E-state index is 0. The van der Waals surface area contributed by atoms with Gasteiger partial charge in [-0.25, -0.2) is 4.39 Å². The van der Waals surface area contributed by atoms with Gasteiger partial charge in [-0.2, -0.15) is 0 Å². The predicted octanol–water partition coefficient (Wildman–Crippen LogP) is 4.78. The number of carbonyl (C=O) groups is 1. The predicted molar refractivity (Wildman–Crippen MR) is 95.0 cm³/mol. The molecule has 2 heterocycles. The number of amides is 1. The monoisotopic (exact) mass is 331 g/mol. The zero-order chi connectivity index (χ0) is 17.0. The molecule has 128 valence electrons. The van der Waals surface area contributed by atoms with Crippen molar-refractivity contribution in [1.82, 2.24) is 4.98 Å². The van der Waals surface area contributed by atoms with Crippen LogP contribution in [0.25, 0.3) is 11.0 Å². The number of nitrogens with two attached hydrogens (primary N) is 1. The van der Waals surface area contributed by atoms with Crippen LogP contribution in [-0.2, 0) is 0 Å². The van der Waals surface area contributed by atoms with Crippen LogP contribution in [0.1, 0.15) is 37.4 Å². The molecule has 6 heteroatoms. The maximum atomic E-state index is 14.0. The van der Waals surface area contributed by atoms with Crippen molar-refractivity contribution in [1.29, 1.82) is 0 Å². The Bertz CT molecular complexity index is 843. The van der Waals surface area contributed by atoms with Crippen molar-refractivity contribution in [2.24, 2.45) is 5.73 Å². The SMILES string of the molecule is C.CC.Cc1ccc(Nc2c(C(N)=O)oc3ccncc23)c(F)c1. The molecular weight excluding hydrogens is 309 g/mol. The number of hydrogen-bond donors (Lipinski definition) is 2. The van der Waals surface area contributed by atoms with Gasteiger partial charge in [0, 0.05) is 12.4 Å². The number of carbonyl (C=O) groups excluding carboxylic acids is 1. The number of hydrogen-bond acceptors (Lipinski definition) is 4. The van der Waals surface area contributed by atoms with Crippen LogP contribution < -0.4 is 11.1 Å². The fourth-order valence-electron chi connectivity index (χ4n) is 2.10. The van der Waals surface area contributed by atoms with Crippen molar-refractivity contribution in [3.63, 3.8) is 0 Å². The van der Waals surface area contributed by atoms with E-state index >= 15 is 0 Å². The van der Waals surface area contributed by atoms with Gasteiger partial charge in [-0.1, -0.05) is 27.3 Å². The Labute approximate surface area is 140 Å². The van der Waals surface area contributed by atoms with E-state index in [2.05, 4.69) is 10.3 Å². The molecule has 0 aliphatic heterocycles. The summed E-state index contributed by atoms with van der Waals surface area (Å²) in [6.07, 6.45) is 3.06. The first kappa shape index (κ1) is 19.2. The molecule has 24 heavy (non-hydrogen) atoms. The lowest BCUT2D eigenvalue weighted by Gasteiger charge is -2.07. The van der Waals surface area contributed by atoms with Gasteiger partial charge in [0.05, 0.1) is 11.1 Å². The van der Waals surface area contributed by atoms with Crippen molar-refractivity contribution in [3.05, 3.63) is 53.8 Å². The molecule has 0 radical (unpaired) electrons. The van der Waals surface area contributed by atoms with Gasteiger partial charge in [0.1, 0.15) is 17.1 Å². The van der Waals surface area contributed by atoms with E-state index in [9.17, 15) is 9.18 Å². The van der Waals surface area contributed by atoms with Gasteiger partial charge in [0.25, 0.3) is 5.91 Å². The Morgan fingerprint density at radius 1 is 1.29 bits per heavy atom. The van der Waals surface area contributed by atoms with Crippen molar-refractivity contribution in [3.8, 4) is 0 Å². The molecule has 3 aromatic rings. The van der Waals surface area contributed by atoms with E-state index in [1.807, 2.05) is 13.8 Å². The third-order valence-electron chi connectivity index (χ3n) is 3.10. The number of pyridine rings is 1. The van der Waals surface area contributed by atoms with Crippen molar-refractivity contribution < 1.29 is 13.6 Å². The van der Waals surface area contributed by atoms with E-state index in [0.29, 0.717) is 16.7 Å². The van der Waals surface area contributed by atoms with E-state index in [1.165, 1.54) is 18.5 Å². The quantitative estimate of drug-likeness (QED) is 0.723. The third kappa shape index (κ3) is 3.71. The molecule has 1 aromatic carbocycles. The minimum Gasteiger partial charge on any atom is -0.448 e. The average Bonchev–Trinajstić information content (AvgIpc) is 2.91. The highest BCUT2D eigenvalue weighted by atomic mass is 19.1. The summed E-state index contributed by atoms with van der Waals surface area (Å²) in [5.74, 6) is -1.22. The van der Waals surface area contributed by atoms with Gasteiger partial charge >= 0.3 is 0 Å². The molecule has 3 rings (SSSR count). The van der Waals surface area contributed by atoms with E-state index in [-0.39, 0.29) is 18.9 Å². The number of nitrogens with one attached hydrogen (secondary N) is 1. The lowest BCUT2D eigenvalue weighted by atomic mass is 10.2. The zero-order valence-corrected chi connectivity index (χ0v) is 13.2. The highest BCUT2D eigenvalue weighted by molar-refractivity contribution is 6.06. The second-order valence-electron chi connectivity index (χ2n) is 4.65. The highest BCUT2D eigenvalue weighted by Crippen LogP contribution is 2.33. The molecule has 0 fully saturated rings. The Morgan fingerprint density at radius 3 is 2.62 bits per heavy atom. The fraction of sp³-hybridized carbons (Fsp3) is 0.222. The van der Waals surface area contributed by atoms with Crippen LogP contribution in [0.4, 0.5) is 15.8 Å². The Morgan fingerprint density at radius 2 is 2.00 bits per heavy atom. The summed E-state index contributed by atoms with van der Waals surface area (Å²) >= 11 is 0. The molecule has 5 nitrogen and oxygen atoms in total. The van der Waals surface area contributed by atoms with E-state index < -0.39 is 11.7 Å². The number of benzene rings is 1. The summed E-state index contributed by atoms with van der Waals surface area (Å²) in [5.41, 5.74) is 7.10. The molecule has 0 spiro atoms. The second-order valence-corrected chi connectivity index (χ2v) is 4.65. The smallest absolute Gasteiger partial charge is 0.286 e. The number of rotatable bonds is 3. The molecule has 0 saturated heterocycles. The molecule has 0 aliphatic rings. The summed E-state index contributed by atoms with van der Waals surface area (Å²) in [6.45, 7) is 5.79. The van der Waals surface area contributed by atoms with E-state index in [0.717, 1.165) is 5.56 Å². The summed E-state index contributed by atoms with van der Waals surface area (Å²) in [4.78, 5) is 15.5. The first-order chi connectivity index (χ1) is 11.1. The van der Waals surface area contributed by atoms with Crippen LogP contribution in [-0.4, -0.2) is 10.9 Å². The lowest BCUT2D eigenvalue weighted by Crippen LogP contribution is -2.11. The minimum atomic E-state index is -0.735. The Balaban J connectivity index is 0.000000925. The number of anilines is 2. The number of nitrogens with zero attached hydrogens (tertiary/aromatic N) is 1. The largest absolute Gasteiger partial charge is 0.448 e. The lowest BCUT2D eigenvalue weighted by molar-refractivity contribution is 0.0977. The van der Waals surface area contributed by atoms with Crippen molar-refractivity contribution >= 4 is 28.3 Å². The number of furan rings is 1.